The van der Waals surface area contributed by atoms with Gasteiger partial charge < -0.3 is 15.0 Å². The Labute approximate surface area is 145 Å². The quantitative estimate of drug-likeness (QED) is 0.809. The summed E-state index contributed by atoms with van der Waals surface area (Å²) >= 11 is 3.37. The minimum atomic E-state index is -0.0633. The normalized spacial score (nSPS) is 12.0. The summed E-state index contributed by atoms with van der Waals surface area (Å²) in [5.74, 6) is 0.764. The summed E-state index contributed by atoms with van der Waals surface area (Å²) < 4.78 is 6.25. The standard InChI is InChI=1S/C18H21BrN2O2/c1-21(2)17(14-5-4-6-16(11-14)23-3)12-20-18(22)13-7-9-15(19)10-8-13/h4-11,17H,12H2,1-3H3,(H,20,22)/p+1/t17-/m0/s1. The molecule has 2 rings (SSSR count). The molecule has 0 saturated carbocycles. The van der Waals surface area contributed by atoms with Crippen molar-refractivity contribution >= 4 is 21.8 Å². The predicted molar refractivity (Wildman–Crippen MR) is 95.0 cm³/mol. The lowest BCUT2D eigenvalue weighted by Gasteiger charge is -2.22. The summed E-state index contributed by atoms with van der Waals surface area (Å²) in [5.41, 5.74) is 1.80. The lowest BCUT2D eigenvalue weighted by Crippen LogP contribution is -3.07. The van der Waals surface area contributed by atoms with Crippen LogP contribution in [-0.4, -0.2) is 33.7 Å². The Hall–Kier alpha value is -1.85. The van der Waals surface area contributed by atoms with Gasteiger partial charge in [0.15, 0.2) is 0 Å². The molecule has 4 nitrogen and oxygen atoms in total. The number of ether oxygens (including phenoxy) is 1. The summed E-state index contributed by atoms with van der Waals surface area (Å²) in [6.07, 6.45) is 0. The van der Waals surface area contributed by atoms with Gasteiger partial charge in [-0.05, 0) is 36.4 Å². The topological polar surface area (TPSA) is 42.8 Å². The van der Waals surface area contributed by atoms with Gasteiger partial charge >= 0.3 is 0 Å². The van der Waals surface area contributed by atoms with Gasteiger partial charge in [0.1, 0.15) is 11.8 Å². The molecule has 0 aliphatic carbocycles. The van der Waals surface area contributed by atoms with Gasteiger partial charge in [-0.15, -0.1) is 0 Å². The molecular weight excluding hydrogens is 356 g/mol. The molecule has 0 bridgehead atoms. The number of hydrogen-bond acceptors (Lipinski definition) is 2. The molecule has 23 heavy (non-hydrogen) atoms. The Kier molecular flexibility index (Phi) is 6.19. The highest BCUT2D eigenvalue weighted by Crippen LogP contribution is 2.17. The molecule has 1 amide bonds. The van der Waals surface area contributed by atoms with Gasteiger partial charge in [0.2, 0.25) is 0 Å². The van der Waals surface area contributed by atoms with Crippen LogP contribution in [0.3, 0.4) is 0 Å². The fraction of sp³-hybridized carbons (Fsp3) is 0.278. The van der Waals surface area contributed by atoms with Crippen molar-refractivity contribution < 1.29 is 14.4 Å². The highest BCUT2D eigenvalue weighted by molar-refractivity contribution is 9.10. The van der Waals surface area contributed by atoms with Gasteiger partial charge in [-0.2, -0.15) is 0 Å². The van der Waals surface area contributed by atoms with Crippen LogP contribution in [0, 0.1) is 0 Å². The lowest BCUT2D eigenvalue weighted by atomic mass is 10.1. The fourth-order valence-electron chi connectivity index (χ4n) is 2.41. The first-order valence-corrected chi connectivity index (χ1v) is 8.28. The van der Waals surface area contributed by atoms with Gasteiger partial charge in [-0.1, -0.05) is 28.1 Å². The van der Waals surface area contributed by atoms with Crippen molar-refractivity contribution in [2.45, 2.75) is 6.04 Å². The smallest absolute Gasteiger partial charge is 0.251 e. The van der Waals surface area contributed by atoms with E-state index in [1.54, 1.807) is 7.11 Å². The van der Waals surface area contributed by atoms with Gasteiger partial charge in [0, 0.05) is 15.6 Å². The number of benzene rings is 2. The van der Waals surface area contributed by atoms with Crippen molar-refractivity contribution in [3.63, 3.8) is 0 Å². The Morgan fingerprint density at radius 2 is 1.91 bits per heavy atom. The van der Waals surface area contributed by atoms with Crippen LogP contribution in [0.1, 0.15) is 22.0 Å². The lowest BCUT2D eigenvalue weighted by molar-refractivity contribution is -0.890. The zero-order chi connectivity index (χ0) is 16.8. The van der Waals surface area contributed by atoms with E-state index in [0.29, 0.717) is 12.1 Å². The summed E-state index contributed by atoms with van der Waals surface area (Å²) in [6, 6.07) is 15.5. The summed E-state index contributed by atoms with van der Waals surface area (Å²) in [7, 11) is 5.82. The van der Waals surface area contributed by atoms with Crippen LogP contribution in [0.15, 0.2) is 53.0 Å². The third kappa shape index (κ3) is 4.81. The number of rotatable bonds is 6. The Bertz CT molecular complexity index is 656. The number of amides is 1. The van der Waals surface area contributed by atoms with Gasteiger partial charge in [-0.3, -0.25) is 4.79 Å². The van der Waals surface area contributed by atoms with Crippen LogP contribution >= 0.6 is 15.9 Å². The average molecular weight is 378 g/mol. The minimum absolute atomic E-state index is 0.0633. The first kappa shape index (κ1) is 17.5. The molecule has 2 aromatic rings. The number of carbonyl (C=O) groups excluding carboxylic acids is 1. The first-order chi connectivity index (χ1) is 11.0. The summed E-state index contributed by atoms with van der Waals surface area (Å²) in [4.78, 5) is 13.5. The molecule has 0 unspecified atom stereocenters. The third-order valence-electron chi connectivity index (χ3n) is 3.77. The maximum atomic E-state index is 12.3. The fourth-order valence-corrected chi connectivity index (χ4v) is 2.68. The highest BCUT2D eigenvalue weighted by Gasteiger charge is 2.19. The van der Waals surface area contributed by atoms with Crippen molar-refractivity contribution in [2.75, 3.05) is 27.7 Å². The monoisotopic (exact) mass is 377 g/mol. The van der Waals surface area contributed by atoms with E-state index in [1.807, 2.05) is 42.5 Å². The van der Waals surface area contributed by atoms with E-state index < -0.39 is 0 Å². The number of quaternary nitrogens is 1. The molecule has 2 aromatic carbocycles. The second kappa shape index (κ2) is 8.13. The van der Waals surface area contributed by atoms with Crippen LogP contribution in [0.5, 0.6) is 5.75 Å². The van der Waals surface area contributed by atoms with E-state index in [4.69, 9.17) is 4.74 Å². The molecule has 0 fully saturated rings. The second-order valence-corrected chi connectivity index (χ2v) is 6.54. The number of likely N-dealkylation sites (N-methyl/N-ethyl adjacent to an activating group) is 1. The largest absolute Gasteiger partial charge is 0.497 e. The Balaban J connectivity index is 2.07. The van der Waals surface area contributed by atoms with Crippen LogP contribution in [-0.2, 0) is 0 Å². The molecule has 0 saturated heterocycles. The minimum Gasteiger partial charge on any atom is -0.497 e. The zero-order valence-corrected chi connectivity index (χ0v) is 15.2. The van der Waals surface area contributed by atoms with Crippen LogP contribution in [0.25, 0.3) is 0 Å². The molecule has 0 spiro atoms. The van der Waals surface area contributed by atoms with Crippen molar-refractivity contribution in [3.8, 4) is 5.75 Å². The molecule has 2 N–H and O–H groups in total. The number of carbonyl (C=O) groups is 1. The molecule has 0 heterocycles. The van der Waals surface area contributed by atoms with Crippen molar-refractivity contribution in [3.05, 3.63) is 64.1 Å². The summed E-state index contributed by atoms with van der Waals surface area (Å²) in [5, 5.41) is 3.02. The first-order valence-electron chi connectivity index (χ1n) is 7.49. The SMILES string of the molecule is COc1cccc([C@H](CNC(=O)c2ccc(Br)cc2)[NH+](C)C)c1. The number of halogens is 1. The molecule has 122 valence electrons. The van der Waals surface area contributed by atoms with E-state index in [-0.39, 0.29) is 11.9 Å². The summed E-state index contributed by atoms with van der Waals surface area (Å²) in [6.45, 7) is 0.560. The number of nitrogens with one attached hydrogen (secondary N) is 2. The van der Waals surface area contributed by atoms with E-state index >= 15 is 0 Å². The molecule has 0 aliphatic rings. The van der Waals surface area contributed by atoms with Crippen molar-refractivity contribution in [2.24, 2.45) is 0 Å². The number of methoxy groups -OCH3 is 1. The van der Waals surface area contributed by atoms with Crippen molar-refractivity contribution in [1.82, 2.24) is 5.32 Å². The van der Waals surface area contributed by atoms with Crippen LogP contribution in [0.2, 0.25) is 0 Å². The molecule has 0 aliphatic heterocycles. The van der Waals surface area contributed by atoms with Gasteiger partial charge in [0.05, 0.1) is 27.7 Å². The zero-order valence-electron chi connectivity index (χ0n) is 13.6. The Morgan fingerprint density at radius 3 is 2.52 bits per heavy atom. The highest BCUT2D eigenvalue weighted by atomic mass is 79.9. The second-order valence-electron chi connectivity index (χ2n) is 5.62. The van der Waals surface area contributed by atoms with Crippen LogP contribution in [0.4, 0.5) is 0 Å². The van der Waals surface area contributed by atoms with Crippen molar-refractivity contribution in [1.29, 1.82) is 0 Å². The van der Waals surface area contributed by atoms with Crippen LogP contribution < -0.4 is 15.0 Å². The maximum Gasteiger partial charge on any atom is 0.251 e. The molecule has 0 radical (unpaired) electrons. The molecule has 0 aromatic heterocycles. The van der Waals surface area contributed by atoms with E-state index in [1.165, 1.54) is 4.90 Å². The van der Waals surface area contributed by atoms with E-state index in [0.717, 1.165) is 15.8 Å². The van der Waals surface area contributed by atoms with E-state index in [9.17, 15) is 4.79 Å². The van der Waals surface area contributed by atoms with E-state index in [2.05, 4.69) is 41.4 Å². The van der Waals surface area contributed by atoms with Gasteiger partial charge in [0.25, 0.3) is 5.91 Å². The average Bonchev–Trinajstić information content (AvgIpc) is 2.55. The molecule has 1 atom stereocenters. The van der Waals surface area contributed by atoms with Gasteiger partial charge in [-0.25, -0.2) is 0 Å². The molecule has 5 heteroatoms. The Morgan fingerprint density at radius 1 is 1.22 bits per heavy atom. The predicted octanol–water partition coefficient (Wildman–Crippen LogP) is 2.07. The third-order valence-corrected chi connectivity index (χ3v) is 4.29. The number of hydrogen-bond donors (Lipinski definition) is 2. The molecular formula is C18H22BrN2O2+. The maximum absolute atomic E-state index is 12.3.